The van der Waals surface area contributed by atoms with Crippen LogP contribution in [0.5, 0.6) is 0 Å². The summed E-state index contributed by atoms with van der Waals surface area (Å²) in [5.74, 6) is -1.34. The lowest BCUT2D eigenvalue weighted by Gasteiger charge is -2.17. The van der Waals surface area contributed by atoms with Crippen molar-refractivity contribution in [2.75, 3.05) is 13.1 Å². The molecule has 5 heteroatoms. The van der Waals surface area contributed by atoms with Crippen LogP contribution in [-0.4, -0.2) is 30.1 Å². The summed E-state index contributed by atoms with van der Waals surface area (Å²) in [5, 5.41) is 0. The summed E-state index contributed by atoms with van der Waals surface area (Å²) in [5.41, 5.74) is 0. The third-order valence-electron chi connectivity index (χ3n) is 3.11. The largest absolute Gasteiger partial charge is 0.471 e. The van der Waals surface area contributed by atoms with Crippen LogP contribution in [0.1, 0.15) is 12.8 Å². The number of nitrogens with zero attached hydrogens (tertiary/aromatic N) is 1. The molecule has 1 amide bonds. The number of carbonyl (C=O) groups excluding carboxylic acids is 1. The molecule has 2 atom stereocenters. The van der Waals surface area contributed by atoms with E-state index >= 15 is 0 Å². The monoisotopic (exact) mass is 219 g/mol. The average molecular weight is 219 g/mol. The van der Waals surface area contributed by atoms with Crippen molar-refractivity contribution in [1.82, 2.24) is 4.90 Å². The van der Waals surface area contributed by atoms with E-state index in [1.54, 1.807) is 0 Å². The highest BCUT2D eigenvalue weighted by Gasteiger charge is 2.46. The summed E-state index contributed by atoms with van der Waals surface area (Å²) in [6.07, 6.45) is 1.01. The molecule has 1 aliphatic carbocycles. The molecule has 2 aliphatic rings. The number of alkyl halides is 3. The third kappa shape index (κ3) is 2.01. The Morgan fingerprint density at radius 2 is 2.07 bits per heavy atom. The Morgan fingerprint density at radius 1 is 1.33 bits per heavy atom. The topological polar surface area (TPSA) is 20.3 Å². The molecule has 0 radical (unpaired) electrons. The van der Waals surface area contributed by atoms with Gasteiger partial charge in [-0.15, -0.1) is 0 Å². The van der Waals surface area contributed by atoms with Crippen molar-refractivity contribution in [3.8, 4) is 0 Å². The first-order valence-corrected chi connectivity index (χ1v) is 5.01. The molecular weight excluding hydrogens is 207 g/mol. The number of likely N-dealkylation sites (tertiary alicyclic amines) is 1. The number of hydrogen-bond acceptors (Lipinski definition) is 1. The fraction of sp³-hybridized carbons (Fsp3) is 0.700. The van der Waals surface area contributed by atoms with Crippen molar-refractivity contribution in [3.63, 3.8) is 0 Å². The molecule has 1 aliphatic heterocycles. The van der Waals surface area contributed by atoms with Crippen LogP contribution in [0.2, 0.25) is 0 Å². The average Bonchev–Trinajstić information content (AvgIpc) is 2.58. The molecule has 0 aromatic carbocycles. The van der Waals surface area contributed by atoms with Gasteiger partial charge in [0.2, 0.25) is 0 Å². The normalized spacial score (nSPS) is 30.5. The summed E-state index contributed by atoms with van der Waals surface area (Å²) in [7, 11) is 0. The van der Waals surface area contributed by atoms with Crippen LogP contribution in [0.4, 0.5) is 13.2 Å². The van der Waals surface area contributed by atoms with Crippen molar-refractivity contribution in [1.29, 1.82) is 0 Å². The summed E-state index contributed by atoms with van der Waals surface area (Å²) in [6.45, 7) is 0.479. The van der Waals surface area contributed by atoms with E-state index in [1.165, 1.54) is 0 Å². The highest BCUT2D eigenvalue weighted by molar-refractivity contribution is 5.82. The molecule has 0 aromatic heterocycles. The number of amides is 1. The lowest BCUT2D eigenvalue weighted by molar-refractivity contribution is -0.184. The van der Waals surface area contributed by atoms with Crippen LogP contribution in [0.15, 0.2) is 12.2 Å². The summed E-state index contributed by atoms with van der Waals surface area (Å²) in [6, 6.07) is 0. The van der Waals surface area contributed by atoms with E-state index in [1.807, 2.05) is 12.2 Å². The van der Waals surface area contributed by atoms with Crippen molar-refractivity contribution in [2.45, 2.75) is 19.0 Å². The Labute approximate surface area is 85.7 Å². The van der Waals surface area contributed by atoms with E-state index in [2.05, 4.69) is 0 Å². The smallest absolute Gasteiger partial charge is 0.334 e. The van der Waals surface area contributed by atoms with Gasteiger partial charge in [-0.1, -0.05) is 12.2 Å². The van der Waals surface area contributed by atoms with Crippen molar-refractivity contribution < 1.29 is 18.0 Å². The van der Waals surface area contributed by atoms with Gasteiger partial charge in [-0.2, -0.15) is 13.2 Å². The zero-order chi connectivity index (χ0) is 11.1. The van der Waals surface area contributed by atoms with E-state index in [0.717, 1.165) is 17.7 Å². The van der Waals surface area contributed by atoms with Gasteiger partial charge >= 0.3 is 12.1 Å². The lowest BCUT2D eigenvalue weighted by Crippen LogP contribution is -2.39. The van der Waals surface area contributed by atoms with Crippen molar-refractivity contribution in [2.24, 2.45) is 11.8 Å². The van der Waals surface area contributed by atoms with Gasteiger partial charge in [-0.25, -0.2) is 0 Å². The lowest BCUT2D eigenvalue weighted by atomic mass is 9.87. The van der Waals surface area contributed by atoms with E-state index < -0.39 is 12.1 Å². The number of fused-ring (bicyclic) bond motifs is 1. The van der Waals surface area contributed by atoms with Crippen LogP contribution in [0, 0.1) is 11.8 Å². The van der Waals surface area contributed by atoms with Gasteiger partial charge in [0.15, 0.2) is 0 Å². The fourth-order valence-corrected chi connectivity index (χ4v) is 2.35. The zero-order valence-electron chi connectivity index (χ0n) is 8.13. The van der Waals surface area contributed by atoms with Gasteiger partial charge < -0.3 is 4.90 Å². The fourth-order valence-electron chi connectivity index (χ4n) is 2.35. The second-order valence-corrected chi connectivity index (χ2v) is 4.14. The maximum absolute atomic E-state index is 12.2. The molecule has 1 heterocycles. The Bertz CT molecular complexity index is 298. The Balaban J connectivity index is 2.04. The summed E-state index contributed by atoms with van der Waals surface area (Å²) < 4.78 is 36.5. The van der Waals surface area contributed by atoms with Crippen LogP contribution >= 0.6 is 0 Å². The first kappa shape index (κ1) is 10.5. The Kier molecular flexibility index (Phi) is 2.48. The molecule has 1 fully saturated rings. The molecule has 1 saturated heterocycles. The highest BCUT2D eigenvalue weighted by Crippen LogP contribution is 2.33. The maximum Gasteiger partial charge on any atom is 0.471 e. The molecular formula is C10H12F3NO. The molecule has 15 heavy (non-hydrogen) atoms. The molecule has 2 unspecified atom stereocenters. The van der Waals surface area contributed by atoms with Gasteiger partial charge in [-0.05, 0) is 24.7 Å². The van der Waals surface area contributed by atoms with E-state index in [4.69, 9.17) is 0 Å². The predicted octanol–water partition coefficient (Wildman–Crippen LogP) is 1.97. The van der Waals surface area contributed by atoms with Crippen LogP contribution < -0.4 is 0 Å². The van der Waals surface area contributed by atoms with Gasteiger partial charge in [0.1, 0.15) is 0 Å². The maximum atomic E-state index is 12.2. The molecule has 84 valence electrons. The van der Waals surface area contributed by atoms with E-state index in [-0.39, 0.29) is 24.9 Å². The number of rotatable bonds is 0. The highest BCUT2D eigenvalue weighted by atomic mass is 19.4. The minimum Gasteiger partial charge on any atom is -0.334 e. The number of halogens is 3. The molecule has 0 aromatic rings. The number of allylic oxidation sites excluding steroid dienone is 1. The standard InChI is InChI=1S/C10H12F3NO/c11-10(12,13)9(15)14-5-7-3-1-2-4-8(7)6-14/h1,3,7-8H,2,4-6H2. The number of hydrogen-bond donors (Lipinski definition) is 0. The van der Waals surface area contributed by atoms with Crippen molar-refractivity contribution in [3.05, 3.63) is 12.2 Å². The summed E-state index contributed by atoms with van der Waals surface area (Å²) >= 11 is 0. The van der Waals surface area contributed by atoms with E-state index in [0.29, 0.717) is 0 Å². The third-order valence-corrected chi connectivity index (χ3v) is 3.11. The number of carbonyl (C=O) groups is 1. The minimum atomic E-state index is -4.72. The quantitative estimate of drug-likeness (QED) is 0.570. The van der Waals surface area contributed by atoms with Gasteiger partial charge in [-0.3, -0.25) is 4.79 Å². The molecule has 0 bridgehead atoms. The van der Waals surface area contributed by atoms with Gasteiger partial charge in [0.05, 0.1) is 0 Å². The van der Waals surface area contributed by atoms with Gasteiger partial charge in [0.25, 0.3) is 0 Å². The Hall–Kier alpha value is -1.00. The van der Waals surface area contributed by atoms with Crippen LogP contribution in [-0.2, 0) is 4.79 Å². The predicted molar refractivity (Wildman–Crippen MR) is 48.0 cm³/mol. The summed E-state index contributed by atoms with van der Waals surface area (Å²) in [4.78, 5) is 11.9. The molecule has 0 spiro atoms. The molecule has 0 saturated carbocycles. The van der Waals surface area contributed by atoms with Crippen LogP contribution in [0.3, 0.4) is 0 Å². The molecule has 0 N–H and O–H groups in total. The first-order chi connectivity index (χ1) is 6.98. The SMILES string of the molecule is O=C(N1CC2C=CCCC2C1)C(F)(F)F. The Morgan fingerprint density at radius 3 is 2.67 bits per heavy atom. The molecule has 2 nitrogen and oxygen atoms in total. The van der Waals surface area contributed by atoms with Crippen molar-refractivity contribution >= 4 is 5.91 Å². The van der Waals surface area contributed by atoms with Gasteiger partial charge in [0, 0.05) is 13.1 Å². The second kappa shape index (κ2) is 3.54. The van der Waals surface area contributed by atoms with Crippen LogP contribution in [0.25, 0.3) is 0 Å². The minimum absolute atomic E-state index is 0.130. The van der Waals surface area contributed by atoms with E-state index in [9.17, 15) is 18.0 Å². The second-order valence-electron chi connectivity index (χ2n) is 4.14. The molecule has 2 rings (SSSR count). The zero-order valence-corrected chi connectivity index (χ0v) is 8.13. The first-order valence-electron chi connectivity index (χ1n) is 5.01.